The standard InChI is InChI=1S/C10H6F2OS2/c11-10(12)8-5-14-4-7(8)9-2-1-6(3-13)15-9/h1-5,10H. The Morgan fingerprint density at radius 1 is 1.27 bits per heavy atom. The highest BCUT2D eigenvalue weighted by molar-refractivity contribution is 7.17. The van der Waals surface area contributed by atoms with Crippen LogP contribution in [0.3, 0.4) is 0 Å². The van der Waals surface area contributed by atoms with Crippen molar-refractivity contribution in [2.45, 2.75) is 6.43 Å². The molecular formula is C10H6F2OS2. The lowest BCUT2D eigenvalue weighted by Crippen LogP contribution is -1.81. The number of rotatable bonds is 3. The Morgan fingerprint density at radius 3 is 2.67 bits per heavy atom. The predicted molar refractivity (Wildman–Crippen MR) is 58.0 cm³/mol. The third-order valence-electron chi connectivity index (χ3n) is 1.94. The third-order valence-corrected chi connectivity index (χ3v) is 3.74. The predicted octanol–water partition coefficient (Wildman–Crippen LogP) is 4.23. The summed E-state index contributed by atoms with van der Waals surface area (Å²) in [5, 5.41) is 3.13. The molecule has 0 amide bonds. The first kappa shape index (κ1) is 10.4. The van der Waals surface area contributed by atoms with Crippen LogP contribution in [-0.2, 0) is 0 Å². The fraction of sp³-hybridized carbons (Fsp3) is 0.100. The van der Waals surface area contributed by atoms with Gasteiger partial charge in [0.05, 0.1) is 4.88 Å². The summed E-state index contributed by atoms with van der Waals surface area (Å²) in [5.74, 6) is 0. The maximum atomic E-state index is 12.6. The van der Waals surface area contributed by atoms with Gasteiger partial charge in [-0.2, -0.15) is 11.3 Å². The van der Waals surface area contributed by atoms with Crippen molar-refractivity contribution >= 4 is 29.0 Å². The van der Waals surface area contributed by atoms with E-state index in [1.165, 1.54) is 28.1 Å². The van der Waals surface area contributed by atoms with Crippen LogP contribution in [0.15, 0.2) is 22.9 Å². The summed E-state index contributed by atoms with van der Waals surface area (Å²) >= 11 is 2.47. The first-order valence-electron chi connectivity index (χ1n) is 4.12. The van der Waals surface area contributed by atoms with Crippen LogP contribution >= 0.6 is 22.7 Å². The van der Waals surface area contributed by atoms with E-state index in [1.807, 2.05) is 0 Å². The van der Waals surface area contributed by atoms with E-state index in [0.29, 0.717) is 15.3 Å². The molecule has 0 aromatic carbocycles. The Bertz CT molecular complexity index is 473. The Hall–Kier alpha value is -1.07. The van der Waals surface area contributed by atoms with Gasteiger partial charge >= 0.3 is 0 Å². The Kier molecular flexibility index (Phi) is 2.93. The smallest absolute Gasteiger partial charge is 0.265 e. The average molecular weight is 244 g/mol. The lowest BCUT2D eigenvalue weighted by atomic mass is 10.2. The van der Waals surface area contributed by atoms with Gasteiger partial charge in [-0.15, -0.1) is 11.3 Å². The summed E-state index contributed by atoms with van der Waals surface area (Å²) in [5.41, 5.74) is 0.576. The molecule has 0 bridgehead atoms. The molecule has 2 rings (SSSR count). The number of carbonyl (C=O) groups is 1. The summed E-state index contributed by atoms with van der Waals surface area (Å²) in [6.45, 7) is 0. The largest absolute Gasteiger partial charge is 0.297 e. The van der Waals surface area contributed by atoms with Crippen molar-refractivity contribution in [3.05, 3.63) is 33.3 Å². The highest BCUT2D eigenvalue weighted by Gasteiger charge is 2.16. The second-order valence-electron chi connectivity index (χ2n) is 2.86. The van der Waals surface area contributed by atoms with Gasteiger partial charge in [0.2, 0.25) is 0 Å². The van der Waals surface area contributed by atoms with Crippen LogP contribution in [0, 0.1) is 0 Å². The maximum absolute atomic E-state index is 12.6. The summed E-state index contributed by atoms with van der Waals surface area (Å²) in [6, 6.07) is 3.34. The van der Waals surface area contributed by atoms with E-state index in [9.17, 15) is 13.6 Å². The molecule has 0 saturated carbocycles. The van der Waals surface area contributed by atoms with Gasteiger partial charge in [0.25, 0.3) is 6.43 Å². The molecule has 0 N–H and O–H groups in total. The van der Waals surface area contributed by atoms with Crippen LogP contribution in [-0.4, -0.2) is 6.29 Å². The van der Waals surface area contributed by atoms with Gasteiger partial charge in [-0.3, -0.25) is 4.79 Å². The zero-order valence-corrected chi connectivity index (χ0v) is 9.08. The van der Waals surface area contributed by atoms with Crippen molar-refractivity contribution in [1.29, 1.82) is 0 Å². The number of carbonyl (C=O) groups excluding carboxylic acids is 1. The molecule has 1 nitrogen and oxygen atoms in total. The number of hydrogen-bond acceptors (Lipinski definition) is 3. The minimum Gasteiger partial charge on any atom is -0.297 e. The van der Waals surface area contributed by atoms with Crippen molar-refractivity contribution in [1.82, 2.24) is 0 Å². The Balaban J connectivity index is 2.44. The van der Waals surface area contributed by atoms with Crippen molar-refractivity contribution in [2.75, 3.05) is 0 Å². The Labute approximate surface area is 93.0 Å². The third kappa shape index (κ3) is 1.98. The van der Waals surface area contributed by atoms with Gasteiger partial charge in [0, 0.05) is 21.4 Å². The van der Waals surface area contributed by atoms with Gasteiger partial charge in [0.15, 0.2) is 6.29 Å². The highest BCUT2D eigenvalue weighted by Crippen LogP contribution is 2.37. The minimum atomic E-state index is -2.46. The molecule has 5 heteroatoms. The molecule has 0 radical (unpaired) electrons. The molecule has 2 heterocycles. The molecule has 0 aliphatic heterocycles. The van der Waals surface area contributed by atoms with Crippen molar-refractivity contribution in [3.63, 3.8) is 0 Å². The fourth-order valence-electron chi connectivity index (χ4n) is 1.24. The lowest BCUT2D eigenvalue weighted by molar-refractivity contribution is 0.112. The molecule has 0 aliphatic rings. The van der Waals surface area contributed by atoms with E-state index in [-0.39, 0.29) is 5.56 Å². The maximum Gasteiger partial charge on any atom is 0.265 e. The van der Waals surface area contributed by atoms with Gasteiger partial charge in [-0.1, -0.05) is 0 Å². The molecule has 0 unspecified atom stereocenters. The molecule has 2 aromatic heterocycles. The molecule has 0 spiro atoms. The normalized spacial score (nSPS) is 10.9. The van der Waals surface area contributed by atoms with Gasteiger partial charge in [-0.05, 0) is 17.5 Å². The van der Waals surface area contributed by atoms with Crippen LogP contribution in [0.4, 0.5) is 8.78 Å². The fourth-order valence-corrected chi connectivity index (χ4v) is 3.02. The van der Waals surface area contributed by atoms with Crippen LogP contribution in [0.2, 0.25) is 0 Å². The molecule has 0 saturated heterocycles. The molecule has 0 fully saturated rings. The van der Waals surface area contributed by atoms with Gasteiger partial charge in [-0.25, -0.2) is 8.78 Å². The average Bonchev–Trinajstić information content (AvgIpc) is 2.85. The molecular weight excluding hydrogens is 238 g/mol. The first-order valence-corrected chi connectivity index (χ1v) is 5.88. The molecule has 78 valence electrons. The summed E-state index contributed by atoms with van der Waals surface area (Å²) in [4.78, 5) is 11.7. The van der Waals surface area contributed by atoms with Crippen LogP contribution in [0.25, 0.3) is 10.4 Å². The number of aldehydes is 1. The monoisotopic (exact) mass is 244 g/mol. The summed E-state index contributed by atoms with van der Waals surface area (Å²) in [7, 11) is 0. The molecule has 15 heavy (non-hydrogen) atoms. The van der Waals surface area contributed by atoms with Crippen molar-refractivity contribution < 1.29 is 13.6 Å². The van der Waals surface area contributed by atoms with Crippen LogP contribution in [0.1, 0.15) is 21.7 Å². The minimum absolute atomic E-state index is 0.0410. The van der Waals surface area contributed by atoms with E-state index < -0.39 is 6.43 Å². The van der Waals surface area contributed by atoms with E-state index >= 15 is 0 Å². The number of thiophene rings is 2. The molecule has 2 aromatic rings. The summed E-state index contributed by atoms with van der Waals surface area (Å²) < 4.78 is 25.2. The quantitative estimate of drug-likeness (QED) is 0.738. The van der Waals surface area contributed by atoms with Gasteiger partial charge < -0.3 is 0 Å². The lowest BCUT2D eigenvalue weighted by Gasteiger charge is -1.99. The molecule has 0 aliphatic carbocycles. The zero-order chi connectivity index (χ0) is 10.8. The topological polar surface area (TPSA) is 17.1 Å². The van der Waals surface area contributed by atoms with E-state index in [2.05, 4.69) is 0 Å². The first-order chi connectivity index (χ1) is 7.22. The Morgan fingerprint density at radius 2 is 2.07 bits per heavy atom. The van der Waals surface area contributed by atoms with Crippen molar-refractivity contribution in [3.8, 4) is 10.4 Å². The van der Waals surface area contributed by atoms with Crippen LogP contribution < -0.4 is 0 Å². The van der Waals surface area contributed by atoms with Gasteiger partial charge in [0.1, 0.15) is 0 Å². The SMILES string of the molecule is O=Cc1ccc(-c2cscc2C(F)F)s1. The molecule has 0 atom stereocenters. The zero-order valence-electron chi connectivity index (χ0n) is 7.44. The number of alkyl halides is 2. The van der Waals surface area contributed by atoms with E-state index in [0.717, 1.165) is 6.29 Å². The second kappa shape index (κ2) is 4.20. The van der Waals surface area contributed by atoms with Crippen LogP contribution in [0.5, 0.6) is 0 Å². The van der Waals surface area contributed by atoms with Crippen molar-refractivity contribution in [2.24, 2.45) is 0 Å². The second-order valence-corrected chi connectivity index (χ2v) is 4.72. The number of hydrogen-bond donors (Lipinski definition) is 0. The number of halogens is 2. The van der Waals surface area contributed by atoms with E-state index in [4.69, 9.17) is 0 Å². The van der Waals surface area contributed by atoms with E-state index in [1.54, 1.807) is 17.5 Å². The highest BCUT2D eigenvalue weighted by atomic mass is 32.1. The summed E-state index contributed by atoms with van der Waals surface area (Å²) in [6.07, 6.45) is -1.74.